The van der Waals surface area contributed by atoms with Gasteiger partial charge in [0, 0.05) is 22.2 Å². The molecule has 1 unspecified atom stereocenters. The van der Waals surface area contributed by atoms with Crippen LogP contribution < -0.4 is 5.32 Å². The Morgan fingerprint density at radius 2 is 1.93 bits per heavy atom. The molecule has 0 aliphatic heterocycles. The number of halogens is 2. The summed E-state index contributed by atoms with van der Waals surface area (Å²) in [5.41, 5.74) is 0.909. The lowest BCUT2D eigenvalue weighted by molar-refractivity contribution is 0.183. The van der Waals surface area contributed by atoms with Crippen molar-refractivity contribution in [3.63, 3.8) is 0 Å². The van der Waals surface area contributed by atoms with Crippen LogP contribution in [0.5, 0.6) is 0 Å². The van der Waals surface area contributed by atoms with Crippen LogP contribution in [0.4, 0.5) is 0 Å². The molecule has 0 radical (unpaired) electrons. The number of benzene rings is 1. The zero-order valence-electron chi connectivity index (χ0n) is 8.63. The fraction of sp³-hybridized carbons (Fsp3) is 0.455. The van der Waals surface area contributed by atoms with Crippen molar-refractivity contribution in [1.29, 1.82) is 0 Å². The lowest BCUT2D eigenvalue weighted by Crippen LogP contribution is -2.19. The molecular weight excluding hydrogens is 233 g/mol. The van der Waals surface area contributed by atoms with Crippen LogP contribution in [0.25, 0.3) is 0 Å². The normalized spacial score (nSPS) is 12.8. The van der Waals surface area contributed by atoms with Gasteiger partial charge in [-0.25, -0.2) is 0 Å². The summed E-state index contributed by atoms with van der Waals surface area (Å²) in [6.07, 6.45) is 0.446. The monoisotopic (exact) mass is 247 g/mol. The Labute approximate surface area is 100 Å². The van der Waals surface area contributed by atoms with Crippen molar-refractivity contribution < 1.29 is 5.11 Å². The van der Waals surface area contributed by atoms with Gasteiger partial charge in [0.15, 0.2) is 0 Å². The van der Waals surface area contributed by atoms with Gasteiger partial charge in [0.25, 0.3) is 0 Å². The van der Waals surface area contributed by atoms with Gasteiger partial charge in [-0.2, -0.15) is 0 Å². The molecule has 1 rings (SSSR count). The second kappa shape index (κ2) is 6.33. The second-order valence-electron chi connectivity index (χ2n) is 3.51. The number of hydrogen-bond acceptors (Lipinski definition) is 2. The fourth-order valence-corrected chi connectivity index (χ4v) is 1.76. The molecule has 15 heavy (non-hydrogen) atoms. The zero-order valence-corrected chi connectivity index (χ0v) is 10.1. The molecule has 1 aromatic rings. The van der Waals surface area contributed by atoms with E-state index in [2.05, 4.69) is 5.32 Å². The average Bonchev–Trinajstić information content (AvgIpc) is 2.15. The van der Waals surface area contributed by atoms with E-state index < -0.39 is 0 Å². The minimum absolute atomic E-state index is 0.279. The molecule has 0 bridgehead atoms. The van der Waals surface area contributed by atoms with Gasteiger partial charge in [-0.15, -0.1) is 0 Å². The molecule has 0 aliphatic rings. The van der Waals surface area contributed by atoms with Gasteiger partial charge >= 0.3 is 0 Å². The molecule has 2 nitrogen and oxygen atoms in total. The van der Waals surface area contributed by atoms with Crippen LogP contribution in [-0.2, 0) is 6.54 Å². The molecule has 2 N–H and O–H groups in total. The van der Waals surface area contributed by atoms with Crippen LogP contribution in [0.15, 0.2) is 18.2 Å². The Morgan fingerprint density at radius 1 is 1.33 bits per heavy atom. The maximum absolute atomic E-state index is 9.07. The van der Waals surface area contributed by atoms with Crippen molar-refractivity contribution >= 4 is 23.2 Å². The van der Waals surface area contributed by atoms with E-state index in [1.807, 2.05) is 18.2 Å². The number of aliphatic hydroxyl groups excluding tert-OH is 1. The molecule has 0 spiro atoms. The van der Waals surface area contributed by atoms with Gasteiger partial charge in [0.2, 0.25) is 0 Å². The van der Waals surface area contributed by atoms with Gasteiger partial charge in [-0.1, -0.05) is 29.3 Å². The molecule has 4 heteroatoms. The van der Waals surface area contributed by atoms with E-state index in [1.54, 1.807) is 6.92 Å². The summed E-state index contributed by atoms with van der Waals surface area (Å²) in [6.45, 7) is 3.15. The summed E-state index contributed by atoms with van der Waals surface area (Å²) in [4.78, 5) is 0. The summed E-state index contributed by atoms with van der Waals surface area (Å²) in [5.74, 6) is 0. The minimum atomic E-state index is -0.279. The topological polar surface area (TPSA) is 32.3 Å². The molecule has 0 saturated heterocycles. The van der Waals surface area contributed by atoms with Crippen molar-refractivity contribution in [2.45, 2.75) is 26.0 Å². The molecule has 0 amide bonds. The van der Waals surface area contributed by atoms with E-state index in [-0.39, 0.29) is 6.10 Å². The van der Waals surface area contributed by atoms with Gasteiger partial charge in [0.05, 0.1) is 6.10 Å². The number of nitrogens with one attached hydrogen (secondary N) is 1. The first-order valence-corrected chi connectivity index (χ1v) is 5.68. The van der Waals surface area contributed by atoms with Crippen molar-refractivity contribution in [2.24, 2.45) is 0 Å². The fourth-order valence-electron chi connectivity index (χ4n) is 1.23. The molecule has 0 aromatic heterocycles. The van der Waals surface area contributed by atoms with Crippen LogP contribution in [0.3, 0.4) is 0 Å². The Hall–Kier alpha value is -0.280. The van der Waals surface area contributed by atoms with E-state index in [1.165, 1.54) is 0 Å². The molecule has 0 fully saturated rings. The lowest BCUT2D eigenvalue weighted by atomic mass is 10.2. The quantitative estimate of drug-likeness (QED) is 0.785. The third kappa shape index (κ3) is 4.39. The second-order valence-corrected chi connectivity index (χ2v) is 4.33. The number of hydrogen-bond donors (Lipinski definition) is 2. The van der Waals surface area contributed by atoms with Gasteiger partial charge in [-0.05, 0) is 32.0 Å². The van der Waals surface area contributed by atoms with Gasteiger partial charge in [-0.3, -0.25) is 0 Å². The highest BCUT2D eigenvalue weighted by Gasteiger charge is 2.04. The molecule has 1 atom stereocenters. The van der Waals surface area contributed by atoms with Crippen molar-refractivity contribution in [3.8, 4) is 0 Å². The first kappa shape index (κ1) is 12.8. The van der Waals surface area contributed by atoms with E-state index in [0.717, 1.165) is 18.5 Å². The summed E-state index contributed by atoms with van der Waals surface area (Å²) >= 11 is 12.0. The maximum Gasteiger partial charge on any atom is 0.0524 e. The van der Waals surface area contributed by atoms with Crippen LogP contribution in [-0.4, -0.2) is 17.8 Å². The third-order valence-electron chi connectivity index (χ3n) is 2.10. The highest BCUT2D eigenvalue weighted by molar-refractivity contribution is 6.35. The van der Waals surface area contributed by atoms with Crippen LogP contribution in [0.1, 0.15) is 18.9 Å². The standard InChI is InChI=1S/C11H15Cl2NO/c1-8(15)5-6-14-7-9-10(12)3-2-4-11(9)13/h2-4,8,14-15H,5-7H2,1H3. The predicted octanol–water partition coefficient (Wildman–Crippen LogP) is 2.85. The lowest BCUT2D eigenvalue weighted by Gasteiger charge is -2.09. The van der Waals surface area contributed by atoms with E-state index >= 15 is 0 Å². The predicted molar refractivity (Wildman–Crippen MR) is 64.5 cm³/mol. The first-order valence-electron chi connectivity index (χ1n) is 4.93. The summed E-state index contributed by atoms with van der Waals surface area (Å²) in [7, 11) is 0. The largest absolute Gasteiger partial charge is 0.393 e. The van der Waals surface area contributed by atoms with Crippen LogP contribution in [0, 0.1) is 0 Å². The van der Waals surface area contributed by atoms with Gasteiger partial charge < -0.3 is 10.4 Å². The third-order valence-corrected chi connectivity index (χ3v) is 2.81. The van der Waals surface area contributed by atoms with E-state index in [9.17, 15) is 0 Å². The molecular formula is C11H15Cl2NO. The highest BCUT2D eigenvalue weighted by Crippen LogP contribution is 2.23. The van der Waals surface area contributed by atoms with Gasteiger partial charge in [0.1, 0.15) is 0 Å². The number of rotatable bonds is 5. The molecule has 0 aliphatic carbocycles. The Balaban J connectivity index is 2.43. The van der Waals surface area contributed by atoms with E-state index in [0.29, 0.717) is 16.6 Å². The van der Waals surface area contributed by atoms with Crippen LogP contribution in [0.2, 0.25) is 10.0 Å². The molecule has 84 valence electrons. The Morgan fingerprint density at radius 3 is 2.47 bits per heavy atom. The highest BCUT2D eigenvalue weighted by atomic mass is 35.5. The summed E-state index contributed by atoms with van der Waals surface area (Å²) in [5, 5.41) is 13.6. The Bertz CT molecular complexity index is 295. The number of aliphatic hydroxyl groups is 1. The molecule has 0 saturated carbocycles. The molecule has 1 aromatic carbocycles. The van der Waals surface area contributed by atoms with Crippen molar-refractivity contribution in [2.75, 3.05) is 6.54 Å². The summed E-state index contributed by atoms with van der Waals surface area (Å²) in [6, 6.07) is 5.46. The van der Waals surface area contributed by atoms with E-state index in [4.69, 9.17) is 28.3 Å². The zero-order chi connectivity index (χ0) is 11.3. The maximum atomic E-state index is 9.07. The van der Waals surface area contributed by atoms with Crippen LogP contribution >= 0.6 is 23.2 Å². The molecule has 0 heterocycles. The van der Waals surface area contributed by atoms with Crippen molar-refractivity contribution in [3.05, 3.63) is 33.8 Å². The summed E-state index contributed by atoms with van der Waals surface area (Å²) < 4.78 is 0. The Kier molecular flexibility index (Phi) is 5.40. The van der Waals surface area contributed by atoms with Crippen molar-refractivity contribution in [1.82, 2.24) is 5.32 Å². The SMILES string of the molecule is CC(O)CCNCc1c(Cl)cccc1Cl. The minimum Gasteiger partial charge on any atom is -0.393 e. The average molecular weight is 248 g/mol. The smallest absolute Gasteiger partial charge is 0.0524 e. The first-order chi connectivity index (χ1) is 7.11.